The van der Waals surface area contributed by atoms with E-state index >= 15 is 0 Å². The van der Waals surface area contributed by atoms with Gasteiger partial charge in [-0.25, -0.2) is 4.98 Å². The summed E-state index contributed by atoms with van der Waals surface area (Å²) in [6, 6.07) is 24.1. The second-order valence-electron chi connectivity index (χ2n) is 4.99. The summed E-state index contributed by atoms with van der Waals surface area (Å²) in [5, 5.41) is 3.29. The van der Waals surface area contributed by atoms with Crippen LogP contribution in [0.1, 0.15) is 11.1 Å². The summed E-state index contributed by atoms with van der Waals surface area (Å²) < 4.78 is 5.78. The fourth-order valence-corrected chi connectivity index (χ4v) is 2.10. The molecule has 22 heavy (non-hydrogen) atoms. The Balaban J connectivity index is 1.52. The molecule has 0 aliphatic carbocycles. The van der Waals surface area contributed by atoms with Crippen molar-refractivity contribution < 1.29 is 4.74 Å². The number of nitrogens with zero attached hydrogens (tertiary/aromatic N) is 1. The highest BCUT2D eigenvalue weighted by molar-refractivity contribution is 5.36. The molecule has 0 amide bonds. The molecule has 0 saturated heterocycles. The molecule has 3 heteroatoms. The van der Waals surface area contributed by atoms with Crippen molar-refractivity contribution in [2.24, 2.45) is 0 Å². The monoisotopic (exact) mass is 290 g/mol. The molecule has 2 aromatic carbocycles. The number of rotatable bonds is 6. The van der Waals surface area contributed by atoms with Crippen molar-refractivity contribution in [3.8, 4) is 5.75 Å². The molecule has 3 aromatic rings. The number of aromatic nitrogens is 1. The zero-order valence-corrected chi connectivity index (χ0v) is 12.3. The Bertz CT molecular complexity index is 619. The Morgan fingerprint density at radius 1 is 0.773 bits per heavy atom. The van der Waals surface area contributed by atoms with Crippen LogP contribution in [-0.4, -0.2) is 4.98 Å². The molecule has 0 spiro atoms. The lowest BCUT2D eigenvalue weighted by Crippen LogP contribution is -2.01. The smallest absolute Gasteiger partial charge is 0.126 e. The molecule has 0 bridgehead atoms. The lowest BCUT2D eigenvalue weighted by molar-refractivity contribution is 0.306. The highest BCUT2D eigenvalue weighted by Crippen LogP contribution is 2.15. The van der Waals surface area contributed by atoms with Crippen LogP contribution in [0.2, 0.25) is 0 Å². The van der Waals surface area contributed by atoms with Gasteiger partial charge in [0.2, 0.25) is 0 Å². The Hall–Kier alpha value is -2.81. The van der Waals surface area contributed by atoms with Gasteiger partial charge in [0.25, 0.3) is 0 Å². The molecular formula is C19H18N2O. The van der Waals surface area contributed by atoms with Crippen LogP contribution in [0.15, 0.2) is 79.0 Å². The summed E-state index contributed by atoms with van der Waals surface area (Å²) in [5.41, 5.74) is 2.36. The van der Waals surface area contributed by atoms with Crippen LogP contribution >= 0.6 is 0 Å². The van der Waals surface area contributed by atoms with Crippen LogP contribution in [0.25, 0.3) is 0 Å². The molecule has 0 fully saturated rings. The predicted octanol–water partition coefficient (Wildman–Crippen LogP) is 4.27. The van der Waals surface area contributed by atoms with Crippen LogP contribution < -0.4 is 10.1 Å². The maximum atomic E-state index is 5.78. The zero-order chi connectivity index (χ0) is 15.0. The van der Waals surface area contributed by atoms with E-state index in [9.17, 15) is 0 Å². The Kier molecular flexibility index (Phi) is 4.67. The van der Waals surface area contributed by atoms with Crippen LogP contribution in [0.3, 0.4) is 0 Å². The number of pyridine rings is 1. The molecule has 1 aromatic heterocycles. The molecule has 0 unspecified atom stereocenters. The third-order valence-electron chi connectivity index (χ3n) is 3.31. The second kappa shape index (κ2) is 7.27. The fourth-order valence-electron chi connectivity index (χ4n) is 2.10. The number of benzene rings is 2. The standard InChI is InChI=1S/C19H18N2O/c1-2-6-17(7-3-1)15-22-18-11-9-16(10-12-18)14-21-19-8-4-5-13-20-19/h1-13H,14-15H2,(H,20,21). The summed E-state index contributed by atoms with van der Waals surface area (Å²) in [7, 11) is 0. The Morgan fingerprint density at radius 3 is 2.27 bits per heavy atom. The first-order chi connectivity index (χ1) is 10.9. The molecule has 1 N–H and O–H groups in total. The van der Waals surface area contributed by atoms with Crippen molar-refractivity contribution >= 4 is 5.82 Å². The van der Waals surface area contributed by atoms with E-state index in [4.69, 9.17) is 4.74 Å². The van der Waals surface area contributed by atoms with E-state index in [1.807, 2.05) is 48.5 Å². The number of anilines is 1. The molecule has 3 rings (SSSR count). The largest absolute Gasteiger partial charge is 0.489 e. The van der Waals surface area contributed by atoms with Gasteiger partial charge >= 0.3 is 0 Å². The van der Waals surface area contributed by atoms with E-state index in [1.54, 1.807) is 6.20 Å². The topological polar surface area (TPSA) is 34.1 Å². The molecule has 0 aliphatic heterocycles. The van der Waals surface area contributed by atoms with Gasteiger partial charge in [0.1, 0.15) is 18.2 Å². The Labute approximate surface area is 130 Å². The first kappa shape index (κ1) is 14.1. The molecule has 0 aliphatic rings. The quantitative estimate of drug-likeness (QED) is 0.736. The lowest BCUT2D eigenvalue weighted by Gasteiger charge is -2.08. The van der Waals surface area contributed by atoms with Crippen LogP contribution in [0, 0.1) is 0 Å². The van der Waals surface area contributed by atoms with Gasteiger partial charge in [-0.15, -0.1) is 0 Å². The van der Waals surface area contributed by atoms with Gasteiger partial charge in [-0.3, -0.25) is 0 Å². The van der Waals surface area contributed by atoms with Gasteiger partial charge in [-0.2, -0.15) is 0 Å². The van der Waals surface area contributed by atoms with E-state index in [1.165, 1.54) is 11.1 Å². The van der Waals surface area contributed by atoms with Crippen molar-refractivity contribution in [3.63, 3.8) is 0 Å². The average Bonchev–Trinajstić information content (AvgIpc) is 2.61. The second-order valence-corrected chi connectivity index (χ2v) is 4.99. The third kappa shape index (κ3) is 4.09. The summed E-state index contributed by atoms with van der Waals surface area (Å²) in [6.45, 7) is 1.34. The number of nitrogens with one attached hydrogen (secondary N) is 1. The molecule has 1 heterocycles. The van der Waals surface area contributed by atoms with Crippen molar-refractivity contribution in [3.05, 3.63) is 90.1 Å². The minimum atomic E-state index is 0.590. The molecule has 0 atom stereocenters. The first-order valence-electron chi connectivity index (χ1n) is 7.31. The van der Waals surface area contributed by atoms with Gasteiger partial charge in [0.15, 0.2) is 0 Å². The molecular weight excluding hydrogens is 272 g/mol. The predicted molar refractivity (Wildman–Crippen MR) is 88.8 cm³/mol. The average molecular weight is 290 g/mol. The summed E-state index contributed by atoms with van der Waals surface area (Å²) >= 11 is 0. The SMILES string of the molecule is c1ccc(COc2ccc(CNc3ccccn3)cc2)cc1. The van der Waals surface area contributed by atoms with Gasteiger partial charge in [-0.05, 0) is 35.4 Å². The summed E-state index contributed by atoms with van der Waals surface area (Å²) in [4.78, 5) is 4.24. The highest BCUT2D eigenvalue weighted by atomic mass is 16.5. The molecule has 3 nitrogen and oxygen atoms in total. The minimum Gasteiger partial charge on any atom is -0.489 e. The Morgan fingerprint density at radius 2 is 1.55 bits per heavy atom. The minimum absolute atomic E-state index is 0.590. The van der Waals surface area contributed by atoms with E-state index < -0.39 is 0 Å². The number of ether oxygens (including phenoxy) is 1. The van der Waals surface area contributed by atoms with Crippen molar-refractivity contribution in [2.45, 2.75) is 13.2 Å². The van der Waals surface area contributed by atoms with Crippen LogP contribution in [0.5, 0.6) is 5.75 Å². The van der Waals surface area contributed by atoms with Crippen molar-refractivity contribution in [2.75, 3.05) is 5.32 Å². The molecule has 110 valence electrons. The van der Waals surface area contributed by atoms with Gasteiger partial charge < -0.3 is 10.1 Å². The lowest BCUT2D eigenvalue weighted by atomic mass is 10.2. The van der Waals surface area contributed by atoms with Crippen LogP contribution in [0.4, 0.5) is 5.82 Å². The zero-order valence-electron chi connectivity index (χ0n) is 12.3. The van der Waals surface area contributed by atoms with E-state index in [-0.39, 0.29) is 0 Å². The normalized spacial score (nSPS) is 10.2. The molecule has 0 saturated carbocycles. The maximum absolute atomic E-state index is 5.78. The van der Waals surface area contributed by atoms with Crippen molar-refractivity contribution in [1.82, 2.24) is 4.98 Å². The van der Waals surface area contributed by atoms with Gasteiger partial charge in [0.05, 0.1) is 0 Å². The van der Waals surface area contributed by atoms with E-state index in [0.717, 1.165) is 18.1 Å². The number of hydrogen-bond acceptors (Lipinski definition) is 3. The third-order valence-corrected chi connectivity index (χ3v) is 3.31. The number of hydrogen-bond donors (Lipinski definition) is 1. The van der Waals surface area contributed by atoms with E-state index in [0.29, 0.717) is 6.61 Å². The van der Waals surface area contributed by atoms with Gasteiger partial charge in [0, 0.05) is 12.7 Å². The molecule has 0 radical (unpaired) electrons. The maximum Gasteiger partial charge on any atom is 0.126 e. The summed E-state index contributed by atoms with van der Waals surface area (Å²) in [5.74, 6) is 1.76. The van der Waals surface area contributed by atoms with Crippen molar-refractivity contribution in [1.29, 1.82) is 0 Å². The van der Waals surface area contributed by atoms with Gasteiger partial charge in [-0.1, -0.05) is 48.5 Å². The highest BCUT2D eigenvalue weighted by Gasteiger charge is 1.98. The first-order valence-corrected chi connectivity index (χ1v) is 7.31. The van der Waals surface area contributed by atoms with Crippen LogP contribution in [-0.2, 0) is 13.2 Å². The van der Waals surface area contributed by atoms with E-state index in [2.05, 4.69) is 34.6 Å². The fraction of sp³-hybridized carbons (Fsp3) is 0.105. The summed E-state index contributed by atoms with van der Waals surface area (Å²) in [6.07, 6.45) is 1.78.